The summed E-state index contributed by atoms with van der Waals surface area (Å²) in [4.78, 5) is 27.0. The molecule has 0 heterocycles. The molecule has 0 spiro atoms. The number of carboxylic acids is 1. The van der Waals surface area contributed by atoms with E-state index in [0.29, 0.717) is 5.56 Å². The predicted molar refractivity (Wildman–Crippen MR) is 75.9 cm³/mol. The molecule has 112 valence electrons. The number of carbonyl (C=O) groups excluding carboxylic acids is 1. The van der Waals surface area contributed by atoms with Crippen LogP contribution in [0.3, 0.4) is 0 Å². The minimum Gasteiger partial charge on any atom is -0.478 e. The van der Waals surface area contributed by atoms with E-state index < -0.39 is 17.8 Å². The van der Waals surface area contributed by atoms with Gasteiger partial charge in [-0.25, -0.2) is 14.0 Å². The average molecular weight is 302 g/mol. The summed E-state index contributed by atoms with van der Waals surface area (Å²) in [5.41, 5.74) is 2.87. The minimum atomic E-state index is -1.05. The van der Waals surface area contributed by atoms with Crippen molar-refractivity contribution < 1.29 is 23.9 Å². The number of carbonyl (C=O) groups is 2. The molecule has 0 amide bonds. The highest BCUT2D eigenvalue weighted by Crippen LogP contribution is 2.04. The van der Waals surface area contributed by atoms with E-state index in [9.17, 15) is 14.0 Å². The van der Waals surface area contributed by atoms with Crippen molar-refractivity contribution in [3.63, 3.8) is 0 Å². The topological polar surface area (TPSA) is 88.0 Å². The van der Waals surface area contributed by atoms with Crippen LogP contribution in [-0.2, 0) is 4.84 Å². The van der Waals surface area contributed by atoms with Crippen LogP contribution in [0.15, 0.2) is 53.6 Å². The Hall–Kier alpha value is -3.22. The summed E-state index contributed by atoms with van der Waals surface area (Å²) in [5, 5.41) is 12.5. The summed E-state index contributed by atoms with van der Waals surface area (Å²) in [6.45, 7) is 0. The van der Waals surface area contributed by atoms with E-state index in [0.717, 1.165) is 12.1 Å². The fourth-order valence-electron chi connectivity index (χ4n) is 1.57. The van der Waals surface area contributed by atoms with Crippen molar-refractivity contribution in [1.29, 1.82) is 0 Å². The molecule has 0 aromatic heterocycles. The van der Waals surface area contributed by atoms with Gasteiger partial charge in [-0.05, 0) is 42.0 Å². The van der Waals surface area contributed by atoms with Crippen LogP contribution in [0, 0.1) is 5.82 Å². The highest BCUT2D eigenvalue weighted by atomic mass is 19.1. The number of nitrogens with zero attached hydrogens (tertiary/aromatic N) is 1. The van der Waals surface area contributed by atoms with E-state index in [-0.39, 0.29) is 11.1 Å². The van der Waals surface area contributed by atoms with Gasteiger partial charge in [0, 0.05) is 0 Å². The summed E-state index contributed by atoms with van der Waals surface area (Å²) < 4.78 is 12.7. The lowest BCUT2D eigenvalue weighted by Gasteiger charge is -2.02. The molecule has 0 unspecified atom stereocenters. The van der Waals surface area contributed by atoms with E-state index in [1.807, 2.05) is 0 Å². The van der Waals surface area contributed by atoms with Crippen LogP contribution >= 0.6 is 0 Å². The number of rotatable bonds is 5. The van der Waals surface area contributed by atoms with Gasteiger partial charge in [-0.3, -0.25) is 0 Å². The van der Waals surface area contributed by atoms with Crippen molar-refractivity contribution in [2.75, 3.05) is 0 Å². The summed E-state index contributed by atoms with van der Waals surface area (Å²) in [6.07, 6.45) is 1.30. The van der Waals surface area contributed by atoms with Crippen LogP contribution in [0.2, 0.25) is 0 Å². The molecule has 0 bridgehead atoms. The normalized spacial score (nSPS) is 10.4. The second-order valence-electron chi connectivity index (χ2n) is 4.18. The summed E-state index contributed by atoms with van der Waals surface area (Å²) >= 11 is 0. The third-order valence-corrected chi connectivity index (χ3v) is 2.62. The molecular weight excluding hydrogens is 291 g/mol. The maximum Gasteiger partial charge on any atom is 0.364 e. The van der Waals surface area contributed by atoms with E-state index in [4.69, 9.17) is 5.11 Å². The van der Waals surface area contributed by atoms with Gasteiger partial charge in [-0.15, -0.1) is 5.59 Å². The SMILES string of the molecule is O=C(O)c1cccc(/C=N/NOC(=O)c2ccc(F)cc2)c1. The standard InChI is InChI=1S/C15H11FN2O4/c16-13-6-4-11(5-7-13)15(21)22-18-17-9-10-2-1-3-12(8-10)14(19)20/h1-9,18H,(H,19,20)/b17-9+. The van der Waals surface area contributed by atoms with Gasteiger partial charge in [0.25, 0.3) is 0 Å². The molecule has 0 aliphatic rings. The van der Waals surface area contributed by atoms with Crippen molar-refractivity contribution in [3.05, 3.63) is 71.0 Å². The first-order valence-corrected chi connectivity index (χ1v) is 6.14. The largest absolute Gasteiger partial charge is 0.478 e. The van der Waals surface area contributed by atoms with Crippen molar-refractivity contribution in [2.45, 2.75) is 0 Å². The third kappa shape index (κ3) is 4.14. The number of hydrogen-bond acceptors (Lipinski definition) is 5. The van der Waals surface area contributed by atoms with Crippen molar-refractivity contribution >= 4 is 18.2 Å². The smallest absolute Gasteiger partial charge is 0.364 e. The molecule has 2 rings (SSSR count). The maximum absolute atomic E-state index is 12.7. The molecule has 0 aliphatic carbocycles. The molecule has 7 heteroatoms. The van der Waals surface area contributed by atoms with E-state index >= 15 is 0 Å². The number of benzene rings is 2. The zero-order valence-corrected chi connectivity index (χ0v) is 11.2. The number of halogens is 1. The number of carboxylic acid groups (broad SMARTS) is 1. The Balaban J connectivity index is 1.90. The molecular formula is C15H11FN2O4. The fraction of sp³-hybridized carbons (Fsp3) is 0. The van der Waals surface area contributed by atoms with E-state index in [2.05, 4.69) is 15.5 Å². The molecule has 2 aromatic rings. The Morgan fingerprint density at radius 2 is 1.86 bits per heavy atom. The molecule has 2 N–H and O–H groups in total. The van der Waals surface area contributed by atoms with E-state index in [1.165, 1.54) is 30.5 Å². The van der Waals surface area contributed by atoms with Crippen LogP contribution < -0.4 is 5.59 Å². The predicted octanol–water partition coefficient (Wildman–Crippen LogP) is 2.22. The highest BCUT2D eigenvalue weighted by Gasteiger charge is 2.06. The number of hydrogen-bond donors (Lipinski definition) is 2. The Morgan fingerprint density at radius 3 is 2.55 bits per heavy atom. The summed E-state index contributed by atoms with van der Waals surface area (Å²) in [5.74, 6) is -2.23. The van der Waals surface area contributed by atoms with Crippen LogP contribution in [-0.4, -0.2) is 23.3 Å². The van der Waals surface area contributed by atoms with Gasteiger partial charge in [0.2, 0.25) is 0 Å². The van der Waals surface area contributed by atoms with Gasteiger partial charge in [-0.2, -0.15) is 5.10 Å². The summed E-state index contributed by atoms with van der Waals surface area (Å²) in [7, 11) is 0. The van der Waals surface area contributed by atoms with Crippen LogP contribution in [0.4, 0.5) is 4.39 Å². The van der Waals surface area contributed by atoms with Gasteiger partial charge >= 0.3 is 11.9 Å². The maximum atomic E-state index is 12.7. The first kappa shape index (κ1) is 15.2. The number of aromatic carboxylic acids is 1. The Morgan fingerprint density at radius 1 is 1.14 bits per heavy atom. The van der Waals surface area contributed by atoms with Crippen LogP contribution in [0.5, 0.6) is 0 Å². The molecule has 0 atom stereocenters. The van der Waals surface area contributed by atoms with Crippen molar-refractivity contribution in [1.82, 2.24) is 5.59 Å². The average Bonchev–Trinajstić information content (AvgIpc) is 2.52. The molecule has 0 saturated heterocycles. The fourth-order valence-corrected chi connectivity index (χ4v) is 1.57. The molecule has 22 heavy (non-hydrogen) atoms. The lowest BCUT2D eigenvalue weighted by Crippen LogP contribution is -2.15. The van der Waals surface area contributed by atoms with Crippen molar-refractivity contribution in [2.24, 2.45) is 5.10 Å². The molecule has 0 aliphatic heterocycles. The first-order chi connectivity index (χ1) is 10.6. The highest BCUT2D eigenvalue weighted by molar-refractivity contribution is 5.91. The second-order valence-corrected chi connectivity index (χ2v) is 4.18. The monoisotopic (exact) mass is 302 g/mol. The lowest BCUT2D eigenvalue weighted by atomic mass is 10.1. The Labute approximate surface area is 124 Å². The van der Waals surface area contributed by atoms with Gasteiger partial charge in [0.1, 0.15) is 5.82 Å². The van der Waals surface area contributed by atoms with E-state index in [1.54, 1.807) is 12.1 Å². The molecule has 6 nitrogen and oxygen atoms in total. The number of hydrazone groups is 1. The molecule has 0 saturated carbocycles. The Kier molecular flexibility index (Phi) is 4.81. The van der Waals surface area contributed by atoms with Crippen molar-refractivity contribution in [3.8, 4) is 0 Å². The third-order valence-electron chi connectivity index (χ3n) is 2.62. The summed E-state index contributed by atoms with van der Waals surface area (Å²) in [6, 6.07) is 10.9. The molecule has 0 fully saturated rings. The van der Waals surface area contributed by atoms with Gasteiger partial charge in [-0.1, -0.05) is 12.1 Å². The second kappa shape index (κ2) is 6.98. The molecule has 2 aromatic carbocycles. The van der Waals surface area contributed by atoms with Gasteiger partial charge in [0.05, 0.1) is 17.3 Å². The lowest BCUT2D eigenvalue weighted by molar-refractivity contribution is 0.0262. The quantitative estimate of drug-likeness (QED) is 0.653. The zero-order valence-electron chi connectivity index (χ0n) is 11.2. The Bertz CT molecular complexity index is 714. The molecule has 0 radical (unpaired) electrons. The van der Waals surface area contributed by atoms with Gasteiger partial charge < -0.3 is 9.94 Å². The van der Waals surface area contributed by atoms with Crippen LogP contribution in [0.25, 0.3) is 0 Å². The zero-order chi connectivity index (χ0) is 15.9. The first-order valence-electron chi connectivity index (χ1n) is 6.14. The minimum absolute atomic E-state index is 0.118. The van der Waals surface area contributed by atoms with Crippen LogP contribution in [0.1, 0.15) is 26.3 Å². The van der Waals surface area contributed by atoms with Gasteiger partial charge in [0.15, 0.2) is 0 Å². The number of nitrogens with one attached hydrogen (secondary N) is 1.